The fourth-order valence-electron chi connectivity index (χ4n) is 8.97. The Morgan fingerprint density at radius 2 is 0.930 bits per heavy atom. The smallest absolute Gasteiger partial charge is 0.0618 e. The minimum absolute atomic E-state index is 0.279. The van der Waals surface area contributed by atoms with Crippen molar-refractivity contribution in [2.75, 3.05) is 9.80 Å². The van der Waals surface area contributed by atoms with E-state index in [0.29, 0.717) is 0 Å². The molecule has 0 spiro atoms. The molecule has 0 saturated carbocycles. The Morgan fingerprint density at radius 1 is 0.386 bits per heavy atom. The highest BCUT2D eigenvalue weighted by Gasteiger charge is 2.39. The number of hydrogen-bond acceptors (Lipinski definition) is 2. The van der Waals surface area contributed by atoms with E-state index in [2.05, 4.69) is 242 Å². The van der Waals surface area contributed by atoms with Crippen LogP contribution in [0.1, 0.15) is 25.0 Å². The van der Waals surface area contributed by atoms with Crippen LogP contribution in [-0.2, 0) is 5.41 Å². The van der Waals surface area contributed by atoms with Gasteiger partial charge in [-0.05, 0) is 98.9 Å². The van der Waals surface area contributed by atoms with E-state index >= 15 is 0 Å². The van der Waals surface area contributed by atoms with Crippen LogP contribution in [0.5, 0.6) is 0 Å². The minimum atomic E-state index is -0.279. The monoisotopic (exact) mass is 730 g/mol. The molecule has 0 radical (unpaired) electrons. The lowest BCUT2D eigenvalue weighted by molar-refractivity contribution is 0.634. The summed E-state index contributed by atoms with van der Waals surface area (Å²) in [6.45, 7) is 4.78. The maximum atomic E-state index is 2.54. The van der Waals surface area contributed by atoms with Crippen molar-refractivity contribution < 1.29 is 0 Å². The van der Waals surface area contributed by atoms with Gasteiger partial charge in [-0.25, -0.2) is 0 Å². The third-order valence-electron chi connectivity index (χ3n) is 11.6. The summed E-state index contributed by atoms with van der Waals surface area (Å²) in [6, 6.07) is 79.3. The molecule has 0 bridgehead atoms. The normalized spacial score (nSPS) is 12.8. The second-order valence-electron chi connectivity index (χ2n) is 15.4. The maximum Gasteiger partial charge on any atom is 0.0618 e. The first kappa shape index (κ1) is 34.3. The van der Waals surface area contributed by atoms with Crippen molar-refractivity contribution in [2.24, 2.45) is 0 Å². The highest BCUT2D eigenvalue weighted by molar-refractivity contribution is 6.08. The molecule has 1 heterocycles. The third-order valence-corrected chi connectivity index (χ3v) is 11.6. The van der Waals surface area contributed by atoms with E-state index in [9.17, 15) is 0 Å². The van der Waals surface area contributed by atoms with Crippen molar-refractivity contribution in [1.29, 1.82) is 0 Å². The molecule has 0 N–H and O–H groups in total. The second kappa shape index (κ2) is 14.2. The van der Waals surface area contributed by atoms with Gasteiger partial charge in [-0.2, -0.15) is 0 Å². The van der Waals surface area contributed by atoms with Gasteiger partial charge in [-0.3, -0.25) is 0 Å². The molecule has 0 saturated heterocycles. The average Bonchev–Trinajstić information content (AvgIpc) is 3.27. The van der Waals surface area contributed by atoms with Gasteiger partial charge in [0.1, 0.15) is 0 Å². The van der Waals surface area contributed by atoms with Crippen LogP contribution in [0.3, 0.4) is 0 Å². The highest BCUT2D eigenvalue weighted by Crippen LogP contribution is 2.57. The van der Waals surface area contributed by atoms with Crippen molar-refractivity contribution in [1.82, 2.24) is 0 Å². The van der Waals surface area contributed by atoms with Gasteiger partial charge in [0.25, 0.3) is 0 Å². The molecule has 9 aromatic carbocycles. The first-order chi connectivity index (χ1) is 28.1. The molecular weight excluding hydrogens is 689 g/mol. The fourth-order valence-corrected chi connectivity index (χ4v) is 8.97. The largest absolute Gasteiger partial charge is 0.310 e. The summed E-state index contributed by atoms with van der Waals surface area (Å²) >= 11 is 0. The summed E-state index contributed by atoms with van der Waals surface area (Å²) in [7, 11) is 0. The van der Waals surface area contributed by atoms with E-state index in [1.807, 2.05) is 0 Å². The molecule has 10 rings (SSSR count). The van der Waals surface area contributed by atoms with Crippen molar-refractivity contribution >= 4 is 44.9 Å². The van der Waals surface area contributed by atoms with Gasteiger partial charge in [0, 0.05) is 33.4 Å². The van der Waals surface area contributed by atoms with E-state index in [1.165, 1.54) is 72.3 Å². The Balaban J connectivity index is 1.15. The van der Waals surface area contributed by atoms with Gasteiger partial charge in [0.2, 0.25) is 0 Å². The Hall–Kier alpha value is -7.16. The summed E-state index contributed by atoms with van der Waals surface area (Å²) in [5.41, 5.74) is 16.5. The SMILES string of the molecule is CC1(C)c2ccccc2N(c2c(-c3ccccc3)ccc3ccccc23)c2cccc(-c3cccc(-c4cccc(N(c5ccccc5)c5ccccc5)c4)c3)c21. The van der Waals surface area contributed by atoms with E-state index in [0.717, 1.165) is 17.1 Å². The summed E-state index contributed by atoms with van der Waals surface area (Å²) in [6.07, 6.45) is 0. The first-order valence-electron chi connectivity index (χ1n) is 19.8. The molecular formula is C55H42N2. The van der Waals surface area contributed by atoms with Crippen LogP contribution in [0.15, 0.2) is 218 Å². The zero-order valence-electron chi connectivity index (χ0n) is 32.2. The number of benzene rings is 9. The summed E-state index contributed by atoms with van der Waals surface area (Å²) in [5.74, 6) is 0. The van der Waals surface area contributed by atoms with Crippen LogP contribution >= 0.6 is 0 Å². The summed E-state index contributed by atoms with van der Waals surface area (Å²) in [5, 5.41) is 2.45. The van der Waals surface area contributed by atoms with Crippen LogP contribution in [0, 0.1) is 0 Å². The highest BCUT2D eigenvalue weighted by atomic mass is 15.2. The summed E-state index contributed by atoms with van der Waals surface area (Å²) < 4.78 is 0. The number of fused-ring (bicyclic) bond motifs is 3. The zero-order valence-corrected chi connectivity index (χ0v) is 32.2. The Kier molecular flexibility index (Phi) is 8.53. The standard InChI is InChI=1S/C55H42N2/c1-55(2)50-32-14-15-33-51(50)57(54-48-30-13-12-21-40(48)35-36-49(54)39-19-6-3-7-20-39)52-34-18-31-47(53(52)55)43-24-16-22-41(37-43)42-23-17-29-46(38-42)56(44-25-8-4-9-26-44)45-27-10-5-11-28-45/h3-38H,1-2H3. The van der Waals surface area contributed by atoms with Crippen LogP contribution in [0.25, 0.3) is 44.2 Å². The number of rotatable bonds is 7. The topological polar surface area (TPSA) is 6.48 Å². The van der Waals surface area contributed by atoms with E-state index in [-0.39, 0.29) is 5.41 Å². The first-order valence-corrected chi connectivity index (χ1v) is 19.8. The van der Waals surface area contributed by atoms with E-state index in [1.54, 1.807) is 0 Å². The maximum absolute atomic E-state index is 2.54. The molecule has 272 valence electrons. The van der Waals surface area contributed by atoms with Crippen LogP contribution < -0.4 is 9.80 Å². The number of para-hydroxylation sites is 3. The predicted octanol–water partition coefficient (Wildman–Crippen LogP) is 15.4. The molecule has 0 aromatic heterocycles. The average molecular weight is 731 g/mol. The number of nitrogens with zero attached hydrogens (tertiary/aromatic N) is 2. The molecule has 9 aromatic rings. The van der Waals surface area contributed by atoms with Gasteiger partial charge in [-0.15, -0.1) is 0 Å². The zero-order chi connectivity index (χ0) is 38.3. The molecule has 0 unspecified atom stereocenters. The van der Waals surface area contributed by atoms with Gasteiger partial charge < -0.3 is 9.80 Å². The number of anilines is 6. The lowest BCUT2D eigenvalue weighted by Crippen LogP contribution is -2.31. The van der Waals surface area contributed by atoms with Crippen LogP contribution in [0.2, 0.25) is 0 Å². The fraction of sp³-hybridized carbons (Fsp3) is 0.0545. The minimum Gasteiger partial charge on any atom is -0.310 e. The van der Waals surface area contributed by atoms with E-state index in [4.69, 9.17) is 0 Å². The van der Waals surface area contributed by atoms with Gasteiger partial charge in [0.05, 0.1) is 17.1 Å². The molecule has 0 atom stereocenters. The lowest BCUT2D eigenvalue weighted by Gasteiger charge is -2.44. The molecule has 0 aliphatic carbocycles. The predicted molar refractivity (Wildman–Crippen MR) is 242 cm³/mol. The number of hydrogen-bond donors (Lipinski definition) is 0. The molecule has 1 aliphatic heterocycles. The summed E-state index contributed by atoms with van der Waals surface area (Å²) in [4.78, 5) is 4.87. The molecule has 0 amide bonds. The van der Waals surface area contributed by atoms with Crippen molar-refractivity contribution in [3.05, 3.63) is 230 Å². The van der Waals surface area contributed by atoms with Crippen molar-refractivity contribution in [3.8, 4) is 33.4 Å². The third kappa shape index (κ3) is 5.98. The Labute approximate surface area is 335 Å². The van der Waals surface area contributed by atoms with Crippen molar-refractivity contribution in [3.63, 3.8) is 0 Å². The Morgan fingerprint density at radius 3 is 1.68 bits per heavy atom. The van der Waals surface area contributed by atoms with Crippen LogP contribution in [0.4, 0.5) is 34.1 Å². The Bertz CT molecular complexity index is 2840. The van der Waals surface area contributed by atoms with E-state index < -0.39 is 0 Å². The van der Waals surface area contributed by atoms with Gasteiger partial charge in [-0.1, -0.05) is 178 Å². The van der Waals surface area contributed by atoms with Crippen LogP contribution in [-0.4, -0.2) is 0 Å². The molecule has 0 fully saturated rings. The second-order valence-corrected chi connectivity index (χ2v) is 15.4. The van der Waals surface area contributed by atoms with Gasteiger partial charge >= 0.3 is 0 Å². The van der Waals surface area contributed by atoms with Gasteiger partial charge in [0.15, 0.2) is 0 Å². The molecule has 1 aliphatic rings. The lowest BCUT2D eigenvalue weighted by atomic mass is 9.70. The van der Waals surface area contributed by atoms with Crippen molar-refractivity contribution in [2.45, 2.75) is 19.3 Å². The molecule has 2 heteroatoms. The molecule has 57 heavy (non-hydrogen) atoms. The quantitative estimate of drug-likeness (QED) is 0.161. The molecule has 2 nitrogen and oxygen atoms in total.